The number of aliphatic hydroxyl groups excluding tert-OH is 1. The molecule has 2 N–H and O–H groups in total. The smallest absolute Gasteiger partial charge is 0.435 e. The highest BCUT2D eigenvalue weighted by molar-refractivity contribution is 5.90. The number of benzene rings is 3. The molecule has 0 saturated heterocycles. The van der Waals surface area contributed by atoms with Crippen LogP contribution in [0.3, 0.4) is 0 Å². The van der Waals surface area contributed by atoms with E-state index in [1.807, 2.05) is 72.8 Å². The van der Waals surface area contributed by atoms with Crippen LogP contribution in [0.1, 0.15) is 49.2 Å². The molecular formula is C29H31N3O5. The molecule has 8 nitrogen and oxygen atoms in total. The number of amides is 1. The van der Waals surface area contributed by atoms with Crippen LogP contribution in [-0.4, -0.2) is 39.3 Å². The number of alkyl carbamates (subject to hydrolysis) is 1. The molecule has 4 aromatic rings. The molecule has 0 aliphatic rings. The van der Waals surface area contributed by atoms with Crippen LogP contribution >= 0.6 is 0 Å². The van der Waals surface area contributed by atoms with Gasteiger partial charge >= 0.3 is 12.2 Å². The third-order valence-corrected chi connectivity index (χ3v) is 5.68. The van der Waals surface area contributed by atoms with Crippen molar-refractivity contribution in [3.05, 3.63) is 101 Å². The van der Waals surface area contributed by atoms with E-state index in [1.54, 1.807) is 26.8 Å². The van der Waals surface area contributed by atoms with Gasteiger partial charge in [-0.3, -0.25) is 0 Å². The van der Waals surface area contributed by atoms with Crippen molar-refractivity contribution < 1.29 is 24.2 Å². The van der Waals surface area contributed by atoms with Crippen molar-refractivity contribution in [1.29, 1.82) is 0 Å². The number of carbonyl (C=O) groups is 2. The molecule has 1 amide bonds. The Labute approximate surface area is 215 Å². The average Bonchev–Trinajstić information content (AvgIpc) is 3.26. The Morgan fingerprint density at radius 1 is 0.973 bits per heavy atom. The first kappa shape index (κ1) is 25.9. The molecule has 0 bridgehead atoms. The second-order valence-electron chi connectivity index (χ2n) is 9.61. The summed E-state index contributed by atoms with van der Waals surface area (Å²) in [6.07, 6.45) is -0.870. The third kappa shape index (κ3) is 6.34. The van der Waals surface area contributed by atoms with Crippen molar-refractivity contribution in [2.75, 3.05) is 6.61 Å². The lowest BCUT2D eigenvalue weighted by molar-refractivity contribution is 0.0522. The first-order valence-electron chi connectivity index (χ1n) is 12.1. The van der Waals surface area contributed by atoms with Crippen molar-refractivity contribution >= 4 is 23.1 Å². The molecule has 0 unspecified atom stereocenters. The van der Waals surface area contributed by atoms with Gasteiger partial charge in [0.2, 0.25) is 0 Å². The number of aromatic nitrogens is 2. The van der Waals surface area contributed by atoms with Gasteiger partial charge in [-0.1, -0.05) is 72.8 Å². The number of ether oxygens (including phenoxy) is 2. The molecule has 0 spiro atoms. The van der Waals surface area contributed by atoms with E-state index in [-0.39, 0.29) is 13.2 Å². The first-order chi connectivity index (χ1) is 17.8. The fourth-order valence-electron chi connectivity index (χ4n) is 4.09. The zero-order valence-electron chi connectivity index (χ0n) is 21.2. The molecule has 0 radical (unpaired) electrons. The van der Waals surface area contributed by atoms with Crippen LogP contribution in [0.5, 0.6) is 0 Å². The summed E-state index contributed by atoms with van der Waals surface area (Å²) in [5, 5.41) is 17.9. The Bertz CT molecular complexity index is 1380. The second-order valence-corrected chi connectivity index (χ2v) is 9.61. The largest absolute Gasteiger partial charge is 0.445 e. The fourth-order valence-corrected chi connectivity index (χ4v) is 4.09. The first-order valence-corrected chi connectivity index (χ1v) is 12.1. The molecule has 3 aromatic carbocycles. The normalized spacial score (nSPS) is 12.2. The van der Waals surface area contributed by atoms with E-state index in [2.05, 4.69) is 10.4 Å². The quantitative estimate of drug-likeness (QED) is 0.353. The average molecular weight is 502 g/mol. The highest BCUT2D eigenvalue weighted by Gasteiger charge is 2.28. The minimum Gasteiger partial charge on any atom is -0.445 e. The lowest BCUT2D eigenvalue weighted by Gasteiger charge is -2.21. The molecule has 0 fully saturated rings. The van der Waals surface area contributed by atoms with Crippen LogP contribution < -0.4 is 5.32 Å². The van der Waals surface area contributed by atoms with Crippen molar-refractivity contribution in [2.45, 2.75) is 45.4 Å². The Balaban J connectivity index is 1.76. The third-order valence-electron chi connectivity index (χ3n) is 5.68. The lowest BCUT2D eigenvalue weighted by Crippen LogP contribution is -2.31. The summed E-state index contributed by atoms with van der Waals surface area (Å²) >= 11 is 0. The van der Waals surface area contributed by atoms with Crippen LogP contribution in [0.15, 0.2) is 78.9 Å². The predicted molar refractivity (Wildman–Crippen MR) is 140 cm³/mol. The molecule has 8 heteroatoms. The van der Waals surface area contributed by atoms with E-state index in [0.717, 1.165) is 16.7 Å². The van der Waals surface area contributed by atoms with Gasteiger partial charge in [0.15, 0.2) is 0 Å². The van der Waals surface area contributed by atoms with Crippen molar-refractivity contribution in [3.63, 3.8) is 0 Å². The van der Waals surface area contributed by atoms with Gasteiger partial charge in [0.1, 0.15) is 18.2 Å². The van der Waals surface area contributed by atoms with Gasteiger partial charge in [-0.15, -0.1) is 0 Å². The van der Waals surface area contributed by atoms with Crippen molar-refractivity contribution in [2.24, 2.45) is 0 Å². The maximum atomic E-state index is 13.0. The number of carbonyl (C=O) groups excluding carboxylic acids is 2. The topological polar surface area (TPSA) is 103 Å². The summed E-state index contributed by atoms with van der Waals surface area (Å²) in [6, 6.07) is 23.4. The van der Waals surface area contributed by atoms with Crippen LogP contribution in [0.2, 0.25) is 0 Å². The van der Waals surface area contributed by atoms with E-state index in [4.69, 9.17) is 9.47 Å². The number of nitrogens with one attached hydrogen (secondary N) is 1. The minimum atomic E-state index is -0.750. The number of para-hydroxylation sites is 1. The fraction of sp³-hybridized carbons (Fsp3) is 0.276. The summed E-state index contributed by atoms with van der Waals surface area (Å²) in [7, 11) is 0. The van der Waals surface area contributed by atoms with Crippen LogP contribution in [0.25, 0.3) is 10.9 Å². The zero-order chi connectivity index (χ0) is 26.4. The lowest BCUT2D eigenvalue weighted by atomic mass is 9.95. The number of hydrogen-bond acceptors (Lipinski definition) is 6. The molecule has 192 valence electrons. The Hall–Kier alpha value is -4.17. The van der Waals surface area contributed by atoms with Gasteiger partial charge in [-0.05, 0) is 49.9 Å². The summed E-state index contributed by atoms with van der Waals surface area (Å²) in [5.41, 5.74) is 2.74. The minimum absolute atomic E-state index is 0.0602. The van der Waals surface area contributed by atoms with Gasteiger partial charge in [0.05, 0.1) is 11.2 Å². The van der Waals surface area contributed by atoms with Gasteiger partial charge in [-0.25, -0.2) is 9.59 Å². The number of rotatable bonds is 7. The standard InChI is InChI=1S/C29H31N3O5/c1-29(2,3)37-28(35)32-24-16-10-9-15-23(24)26(31-32)25(22-14-8-7-13-21(22)17-18-33)30-27(34)36-19-20-11-5-4-6-12-20/h4-16,25,33H,17-19H2,1-3H3,(H,30,34)/t25-/m0/s1. The number of hydrogen-bond donors (Lipinski definition) is 2. The van der Waals surface area contributed by atoms with Gasteiger partial charge in [-0.2, -0.15) is 9.78 Å². The van der Waals surface area contributed by atoms with Crippen LogP contribution in [0, 0.1) is 0 Å². The highest BCUT2D eigenvalue weighted by Crippen LogP contribution is 2.31. The molecule has 0 aliphatic carbocycles. The molecule has 0 aliphatic heterocycles. The monoisotopic (exact) mass is 501 g/mol. The van der Waals surface area contributed by atoms with Gasteiger partial charge in [0, 0.05) is 12.0 Å². The van der Waals surface area contributed by atoms with E-state index < -0.39 is 23.8 Å². The Morgan fingerprint density at radius 3 is 2.38 bits per heavy atom. The van der Waals surface area contributed by atoms with Gasteiger partial charge < -0.3 is 19.9 Å². The van der Waals surface area contributed by atoms with E-state index in [9.17, 15) is 14.7 Å². The van der Waals surface area contributed by atoms with E-state index >= 15 is 0 Å². The maximum Gasteiger partial charge on any atom is 0.435 e. The summed E-state index contributed by atoms with van der Waals surface area (Å²) in [4.78, 5) is 26.0. The van der Waals surface area contributed by atoms with E-state index in [1.165, 1.54) is 4.68 Å². The van der Waals surface area contributed by atoms with Gasteiger partial charge in [0.25, 0.3) is 0 Å². The molecule has 1 atom stereocenters. The Kier molecular flexibility index (Phi) is 7.89. The molecule has 0 saturated carbocycles. The van der Waals surface area contributed by atoms with Crippen molar-refractivity contribution in [3.8, 4) is 0 Å². The van der Waals surface area contributed by atoms with Crippen molar-refractivity contribution in [1.82, 2.24) is 15.1 Å². The molecule has 1 aromatic heterocycles. The van der Waals surface area contributed by atoms with Crippen LogP contribution in [0.4, 0.5) is 9.59 Å². The number of aliphatic hydroxyl groups is 1. The second kappa shape index (κ2) is 11.3. The maximum absolute atomic E-state index is 13.0. The summed E-state index contributed by atoms with van der Waals surface area (Å²) in [5.74, 6) is 0. The molecule has 4 rings (SSSR count). The molecular weight excluding hydrogens is 470 g/mol. The highest BCUT2D eigenvalue weighted by atomic mass is 16.6. The predicted octanol–water partition coefficient (Wildman–Crippen LogP) is 5.37. The molecule has 1 heterocycles. The summed E-state index contributed by atoms with van der Waals surface area (Å²) < 4.78 is 12.3. The zero-order valence-corrected chi connectivity index (χ0v) is 21.2. The van der Waals surface area contributed by atoms with Crippen LogP contribution in [-0.2, 0) is 22.5 Å². The van der Waals surface area contributed by atoms with E-state index in [0.29, 0.717) is 23.0 Å². The number of nitrogens with zero attached hydrogens (tertiary/aromatic N) is 2. The number of fused-ring (bicyclic) bond motifs is 1. The SMILES string of the molecule is CC(C)(C)OC(=O)n1nc([C@@H](NC(=O)OCc2ccccc2)c2ccccc2CCO)c2ccccc21. The summed E-state index contributed by atoms with van der Waals surface area (Å²) in [6.45, 7) is 5.40. The Morgan fingerprint density at radius 2 is 1.65 bits per heavy atom. The molecule has 37 heavy (non-hydrogen) atoms.